The van der Waals surface area contributed by atoms with Crippen LogP contribution in [0.2, 0.25) is 15.2 Å². The summed E-state index contributed by atoms with van der Waals surface area (Å²) in [7, 11) is 0. The number of hydrazone groups is 1. The molecule has 1 aliphatic rings. The topological polar surface area (TPSA) is 37.3 Å². The molecule has 0 amide bonds. The third-order valence-corrected chi connectivity index (χ3v) is 4.04. The first kappa shape index (κ1) is 13.9. The maximum atomic E-state index is 6.02. The molecule has 0 aliphatic heterocycles. The summed E-state index contributed by atoms with van der Waals surface area (Å²) in [6.45, 7) is 2.18. The molecule has 0 saturated heterocycles. The summed E-state index contributed by atoms with van der Waals surface area (Å²) in [5.41, 5.74) is 4.04. The Kier molecular flexibility index (Phi) is 4.71. The zero-order chi connectivity index (χ0) is 13.1. The van der Waals surface area contributed by atoms with E-state index in [1.165, 1.54) is 19.3 Å². The summed E-state index contributed by atoms with van der Waals surface area (Å²) in [6, 6.07) is 1.56. The lowest BCUT2D eigenvalue weighted by Crippen LogP contribution is -2.17. The number of halogens is 3. The molecule has 0 radical (unpaired) electrons. The van der Waals surface area contributed by atoms with E-state index in [0.29, 0.717) is 21.8 Å². The van der Waals surface area contributed by atoms with E-state index in [1.54, 1.807) is 6.07 Å². The number of aromatic nitrogens is 1. The smallest absolute Gasteiger partial charge is 0.166 e. The predicted octanol–water partition coefficient (Wildman–Crippen LogP) is 5.02. The van der Waals surface area contributed by atoms with Gasteiger partial charge in [-0.15, -0.1) is 0 Å². The molecule has 0 spiro atoms. The van der Waals surface area contributed by atoms with Crippen LogP contribution in [0.1, 0.15) is 32.6 Å². The van der Waals surface area contributed by atoms with Crippen molar-refractivity contribution in [2.45, 2.75) is 32.6 Å². The Morgan fingerprint density at radius 2 is 2.06 bits per heavy atom. The second kappa shape index (κ2) is 6.09. The van der Waals surface area contributed by atoms with Crippen molar-refractivity contribution in [2.75, 3.05) is 5.43 Å². The van der Waals surface area contributed by atoms with Crippen molar-refractivity contribution in [3.63, 3.8) is 0 Å². The monoisotopic (exact) mass is 305 g/mol. The van der Waals surface area contributed by atoms with Gasteiger partial charge in [0.2, 0.25) is 0 Å². The Morgan fingerprint density at radius 1 is 1.28 bits per heavy atom. The molecule has 1 N–H and O–H groups in total. The molecule has 1 fully saturated rings. The highest BCUT2D eigenvalue weighted by Gasteiger charge is 2.16. The van der Waals surface area contributed by atoms with E-state index in [9.17, 15) is 0 Å². The molecule has 18 heavy (non-hydrogen) atoms. The van der Waals surface area contributed by atoms with Crippen LogP contribution < -0.4 is 5.43 Å². The molecule has 1 aromatic heterocycles. The lowest BCUT2D eigenvalue weighted by molar-refractivity contribution is 0.558. The lowest BCUT2D eigenvalue weighted by atomic mass is 9.89. The molecule has 1 atom stereocenters. The fraction of sp³-hybridized carbons (Fsp3) is 0.500. The van der Waals surface area contributed by atoms with Crippen molar-refractivity contribution < 1.29 is 0 Å². The molecule has 6 heteroatoms. The minimum absolute atomic E-state index is 0.223. The second-order valence-corrected chi connectivity index (χ2v) is 5.63. The third-order valence-electron chi connectivity index (χ3n) is 3.08. The third kappa shape index (κ3) is 3.28. The Bertz CT molecular complexity index is 474. The van der Waals surface area contributed by atoms with Gasteiger partial charge in [-0.3, -0.25) is 5.43 Å². The Morgan fingerprint density at radius 3 is 2.78 bits per heavy atom. The summed E-state index contributed by atoms with van der Waals surface area (Å²) in [6.07, 6.45) is 4.66. The van der Waals surface area contributed by atoms with E-state index in [0.717, 1.165) is 12.1 Å². The molecule has 1 aromatic rings. The number of anilines is 1. The van der Waals surface area contributed by atoms with Gasteiger partial charge in [0.05, 0.1) is 10.0 Å². The molecule has 0 aromatic carbocycles. The maximum Gasteiger partial charge on any atom is 0.166 e. The van der Waals surface area contributed by atoms with Crippen LogP contribution in [-0.4, -0.2) is 10.7 Å². The van der Waals surface area contributed by atoms with Crippen molar-refractivity contribution in [3.8, 4) is 0 Å². The van der Waals surface area contributed by atoms with Gasteiger partial charge in [0.15, 0.2) is 5.82 Å². The molecule has 0 bridgehead atoms. The van der Waals surface area contributed by atoms with E-state index in [-0.39, 0.29) is 5.15 Å². The minimum Gasteiger partial charge on any atom is -0.260 e. The number of hydrogen-bond acceptors (Lipinski definition) is 3. The average Bonchev–Trinajstić information content (AvgIpc) is 2.34. The van der Waals surface area contributed by atoms with Crippen LogP contribution in [0.4, 0.5) is 5.82 Å². The van der Waals surface area contributed by atoms with E-state index in [4.69, 9.17) is 34.8 Å². The van der Waals surface area contributed by atoms with Gasteiger partial charge >= 0.3 is 0 Å². The molecular formula is C12H14Cl3N3. The lowest BCUT2D eigenvalue weighted by Gasteiger charge is -2.20. The van der Waals surface area contributed by atoms with Crippen LogP contribution in [0.5, 0.6) is 0 Å². The zero-order valence-corrected chi connectivity index (χ0v) is 12.3. The number of hydrogen-bond donors (Lipinski definition) is 1. The van der Waals surface area contributed by atoms with Gasteiger partial charge in [-0.05, 0) is 31.2 Å². The molecule has 1 saturated carbocycles. The highest BCUT2D eigenvalue weighted by molar-refractivity contribution is 6.42. The molecule has 1 aliphatic carbocycles. The van der Waals surface area contributed by atoms with Gasteiger partial charge < -0.3 is 0 Å². The SMILES string of the molecule is C[C@@H]1CCCC/C1=N/Nc1nc(Cl)c(Cl)cc1Cl. The standard InChI is InChI=1S/C12H14Cl3N3/c1-7-4-2-3-5-10(7)17-18-12-9(14)6-8(13)11(15)16-12/h6-7H,2-5H2,1H3,(H,16,18)/b17-10-/t7-/m1/s1. The van der Waals surface area contributed by atoms with Crippen molar-refractivity contribution in [3.05, 3.63) is 21.3 Å². The highest BCUT2D eigenvalue weighted by atomic mass is 35.5. The van der Waals surface area contributed by atoms with Gasteiger partial charge in [-0.2, -0.15) is 5.10 Å². The molecule has 0 unspecified atom stereocenters. The Hall–Kier alpha value is -0.510. The van der Waals surface area contributed by atoms with Crippen molar-refractivity contribution in [1.82, 2.24) is 4.98 Å². The number of nitrogens with one attached hydrogen (secondary N) is 1. The molecular weight excluding hydrogens is 293 g/mol. The van der Waals surface area contributed by atoms with Crippen LogP contribution >= 0.6 is 34.8 Å². The normalized spacial score (nSPS) is 22.2. The quantitative estimate of drug-likeness (QED) is 0.615. The summed E-state index contributed by atoms with van der Waals surface area (Å²) in [4.78, 5) is 4.07. The largest absolute Gasteiger partial charge is 0.260 e. The number of nitrogens with zero attached hydrogens (tertiary/aromatic N) is 2. The number of pyridine rings is 1. The molecule has 2 rings (SSSR count). The van der Waals surface area contributed by atoms with E-state index < -0.39 is 0 Å². The highest BCUT2D eigenvalue weighted by Crippen LogP contribution is 2.29. The van der Waals surface area contributed by atoms with Gasteiger partial charge in [0.25, 0.3) is 0 Å². The second-order valence-electron chi connectivity index (χ2n) is 4.45. The average molecular weight is 307 g/mol. The summed E-state index contributed by atoms with van der Waals surface area (Å²) >= 11 is 17.7. The fourth-order valence-corrected chi connectivity index (χ4v) is 2.52. The van der Waals surface area contributed by atoms with E-state index >= 15 is 0 Å². The van der Waals surface area contributed by atoms with Gasteiger partial charge in [-0.1, -0.05) is 48.1 Å². The zero-order valence-electron chi connectivity index (χ0n) is 10.0. The van der Waals surface area contributed by atoms with Crippen LogP contribution in [-0.2, 0) is 0 Å². The first-order chi connectivity index (χ1) is 8.58. The van der Waals surface area contributed by atoms with Crippen LogP contribution in [0.15, 0.2) is 11.2 Å². The summed E-state index contributed by atoms with van der Waals surface area (Å²) in [5, 5.41) is 5.36. The van der Waals surface area contributed by atoms with Crippen molar-refractivity contribution in [1.29, 1.82) is 0 Å². The van der Waals surface area contributed by atoms with Gasteiger partial charge in [-0.25, -0.2) is 4.98 Å². The van der Waals surface area contributed by atoms with Crippen molar-refractivity contribution in [2.24, 2.45) is 11.0 Å². The van der Waals surface area contributed by atoms with Gasteiger partial charge in [0, 0.05) is 5.71 Å². The van der Waals surface area contributed by atoms with E-state index in [1.807, 2.05) is 0 Å². The maximum absolute atomic E-state index is 6.02. The summed E-state index contributed by atoms with van der Waals surface area (Å²) < 4.78 is 0. The van der Waals surface area contributed by atoms with Crippen LogP contribution in [0.25, 0.3) is 0 Å². The molecule has 1 heterocycles. The Labute approximate surface area is 122 Å². The van der Waals surface area contributed by atoms with Crippen LogP contribution in [0, 0.1) is 5.92 Å². The Balaban J connectivity index is 2.14. The van der Waals surface area contributed by atoms with Crippen LogP contribution in [0.3, 0.4) is 0 Å². The first-order valence-corrected chi connectivity index (χ1v) is 7.05. The fourth-order valence-electron chi connectivity index (χ4n) is 1.98. The van der Waals surface area contributed by atoms with Crippen molar-refractivity contribution >= 4 is 46.3 Å². The molecule has 3 nitrogen and oxygen atoms in total. The molecule has 98 valence electrons. The van der Waals surface area contributed by atoms with Gasteiger partial charge in [0.1, 0.15) is 5.15 Å². The number of rotatable bonds is 2. The minimum atomic E-state index is 0.223. The first-order valence-electron chi connectivity index (χ1n) is 5.92. The van der Waals surface area contributed by atoms with E-state index in [2.05, 4.69) is 22.4 Å². The predicted molar refractivity (Wildman–Crippen MR) is 78.0 cm³/mol. The summed E-state index contributed by atoms with van der Waals surface area (Å²) in [5.74, 6) is 0.948.